The Bertz CT molecular complexity index is 274. The largest absolute Gasteiger partial charge is 0.384 e. The van der Waals surface area contributed by atoms with Crippen molar-refractivity contribution in [2.75, 3.05) is 11.9 Å². The molecule has 0 amide bonds. The van der Waals surface area contributed by atoms with Crippen molar-refractivity contribution in [3.05, 3.63) is 24.0 Å². The van der Waals surface area contributed by atoms with E-state index in [0.29, 0.717) is 5.41 Å². The normalized spacial score (nSPS) is 11.4. The second-order valence-corrected chi connectivity index (χ2v) is 4.60. The highest BCUT2D eigenvalue weighted by Gasteiger charge is 2.08. The van der Waals surface area contributed by atoms with E-state index in [1.165, 1.54) is 0 Å². The summed E-state index contributed by atoms with van der Waals surface area (Å²) in [5, 5.41) is 3.39. The van der Waals surface area contributed by atoms with Crippen LogP contribution in [0.3, 0.4) is 0 Å². The molecule has 0 atom stereocenters. The van der Waals surface area contributed by atoms with Crippen LogP contribution in [-0.4, -0.2) is 11.5 Å². The topological polar surface area (TPSA) is 24.9 Å². The zero-order valence-corrected chi connectivity index (χ0v) is 8.89. The Kier molecular flexibility index (Phi) is 2.91. The van der Waals surface area contributed by atoms with Crippen molar-refractivity contribution >= 4 is 5.69 Å². The van der Waals surface area contributed by atoms with Gasteiger partial charge in [0.2, 0.25) is 0 Å². The van der Waals surface area contributed by atoms with E-state index < -0.39 is 0 Å². The van der Waals surface area contributed by atoms with Crippen molar-refractivity contribution in [2.45, 2.75) is 27.7 Å². The third-order valence-electron chi connectivity index (χ3n) is 1.72. The number of nitrogens with zero attached hydrogens (tertiary/aromatic N) is 1. The Labute approximate surface area is 80.4 Å². The first kappa shape index (κ1) is 10.0. The van der Waals surface area contributed by atoms with Gasteiger partial charge in [0.15, 0.2) is 0 Å². The zero-order valence-electron chi connectivity index (χ0n) is 8.89. The fraction of sp³-hybridized carbons (Fsp3) is 0.545. The summed E-state index contributed by atoms with van der Waals surface area (Å²) in [6.07, 6.45) is 1.83. The lowest BCUT2D eigenvalue weighted by Gasteiger charge is -2.19. The van der Waals surface area contributed by atoms with Crippen LogP contribution in [0.1, 0.15) is 26.5 Å². The summed E-state index contributed by atoms with van der Waals surface area (Å²) in [5.41, 5.74) is 2.53. The molecule has 0 fully saturated rings. The number of anilines is 1. The van der Waals surface area contributed by atoms with Gasteiger partial charge in [0.1, 0.15) is 0 Å². The molecule has 0 saturated heterocycles. The van der Waals surface area contributed by atoms with E-state index in [-0.39, 0.29) is 0 Å². The lowest BCUT2D eigenvalue weighted by molar-refractivity contribution is 0.443. The van der Waals surface area contributed by atoms with E-state index in [2.05, 4.69) is 37.1 Å². The minimum Gasteiger partial charge on any atom is -0.384 e. The molecule has 72 valence electrons. The smallest absolute Gasteiger partial charge is 0.0393 e. The Morgan fingerprint density at radius 2 is 2.08 bits per heavy atom. The van der Waals surface area contributed by atoms with Crippen molar-refractivity contribution in [3.8, 4) is 0 Å². The van der Waals surface area contributed by atoms with Crippen molar-refractivity contribution in [2.24, 2.45) is 5.41 Å². The van der Waals surface area contributed by atoms with Gasteiger partial charge in [-0.25, -0.2) is 0 Å². The quantitative estimate of drug-likeness (QED) is 0.753. The van der Waals surface area contributed by atoms with E-state index in [1.54, 1.807) is 0 Å². The fourth-order valence-electron chi connectivity index (χ4n) is 1.02. The molecule has 0 saturated carbocycles. The third kappa shape index (κ3) is 3.92. The molecule has 0 aliphatic rings. The van der Waals surface area contributed by atoms with Gasteiger partial charge in [0.05, 0.1) is 0 Å². The fourth-order valence-corrected chi connectivity index (χ4v) is 1.02. The minimum atomic E-state index is 0.317. The van der Waals surface area contributed by atoms with Crippen LogP contribution in [-0.2, 0) is 0 Å². The minimum absolute atomic E-state index is 0.317. The zero-order chi connectivity index (χ0) is 9.90. The Morgan fingerprint density at radius 3 is 2.62 bits per heavy atom. The summed E-state index contributed by atoms with van der Waals surface area (Å²) in [6.45, 7) is 9.63. The second-order valence-electron chi connectivity index (χ2n) is 4.60. The standard InChI is InChI=1S/C11H18N2/c1-9-7-10(5-6-12-9)13-8-11(2,3)4/h5-7H,8H2,1-4H3,(H,12,13). The van der Waals surface area contributed by atoms with E-state index >= 15 is 0 Å². The molecule has 0 spiro atoms. The second kappa shape index (κ2) is 3.77. The number of nitrogens with one attached hydrogen (secondary N) is 1. The number of hydrogen-bond donors (Lipinski definition) is 1. The highest BCUT2D eigenvalue weighted by atomic mass is 14.9. The van der Waals surface area contributed by atoms with Crippen LogP contribution in [0, 0.1) is 12.3 Å². The molecule has 2 heteroatoms. The van der Waals surface area contributed by atoms with Gasteiger partial charge < -0.3 is 5.32 Å². The molecule has 0 aliphatic heterocycles. The lowest BCUT2D eigenvalue weighted by atomic mass is 9.97. The first-order chi connectivity index (χ1) is 5.97. The van der Waals surface area contributed by atoms with Gasteiger partial charge in [0.25, 0.3) is 0 Å². The van der Waals surface area contributed by atoms with Crippen LogP contribution in [0.5, 0.6) is 0 Å². The maximum atomic E-state index is 4.14. The number of pyridine rings is 1. The maximum absolute atomic E-state index is 4.14. The Morgan fingerprint density at radius 1 is 1.38 bits per heavy atom. The van der Waals surface area contributed by atoms with Crippen LogP contribution in [0.2, 0.25) is 0 Å². The highest BCUT2D eigenvalue weighted by molar-refractivity contribution is 5.42. The summed E-state index contributed by atoms with van der Waals surface area (Å²) >= 11 is 0. The summed E-state index contributed by atoms with van der Waals surface area (Å²) in [5.74, 6) is 0. The molecule has 0 aromatic carbocycles. The van der Waals surface area contributed by atoms with E-state index in [0.717, 1.165) is 17.9 Å². The Balaban J connectivity index is 2.55. The van der Waals surface area contributed by atoms with E-state index in [1.807, 2.05) is 19.2 Å². The molecule has 1 rings (SSSR count). The molecule has 13 heavy (non-hydrogen) atoms. The summed E-state index contributed by atoms with van der Waals surface area (Å²) in [4.78, 5) is 4.14. The van der Waals surface area contributed by atoms with Crippen LogP contribution >= 0.6 is 0 Å². The maximum Gasteiger partial charge on any atom is 0.0393 e. The van der Waals surface area contributed by atoms with Gasteiger partial charge in [-0.1, -0.05) is 20.8 Å². The summed E-state index contributed by atoms with van der Waals surface area (Å²) in [6, 6.07) is 4.06. The number of aromatic nitrogens is 1. The molecule has 0 unspecified atom stereocenters. The van der Waals surface area contributed by atoms with Crippen molar-refractivity contribution in [1.82, 2.24) is 4.98 Å². The Hall–Kier alpha value is -1.05. The first-order valence-corrected chi connectivity index (χ1v) is 4.64. The van der Waals surface area contributed by atoms with Crippen LogP contribution < -0.4 is 5.32 Å². The van der Waals surface area contributed by atoms with E-state index in [9.17, 15) is 0 Å². The molecule has 0 bridgehead atoms. The summed E-state index contributed by atoms with van der Waals surface area (Å²) < 4.78 is 0. The lowest BCUT2D eigenvalue weighted by Crippen LogP contribution is -2.19. The van der Waals surface area contributed by atoms with Gasteiger partial charge >= 0.3 is 0 Å². The van der Waals surface area contributed by atoms with Crippen LogP contribution in [0.25, 0.3) is 0 Å². The molecule has 0 aliphatic carbocycles. The molecular formula is C11H18N2. The van der Waals surface area contributed by atoms with E-state index in [4.69, 9.17) is 0 Å². The average Bonchev–Trinajstić information content (AvgIpc) is 2.00. The molecular weight excluding hydrogens is 160 g/mol. The summed E-state index contributed by atoms with van der Waals surface area (Å²) in [7, 11) is 0. The van der Waals surface area contributed by atoms with Crippen LogP contribution in [0.15, 0.2) is 18.3 Å². The van der Waals surface area contributed by atoms with Crippen molar-refractivity contribution in [3.63, 3.8) is 0 Å². The SMILES string of the molecule is Cc1cc(NCC(C)(C)C)ccn1. The van der Waals surface area contributed by atoms with Crippen molar-refractivity contribution in [1.29, 1.82) is 0 Å². The average molecular weight is 178 g/mol. The predicted molar refractivity (Wildman–Crippen MR) is 56.9 cm³/mol. The van der Waals surface area contributed by atoms with Crippen LogP contribution in [0.4, 0.5) is 5.69 Å². The monoisotopic (exact) mass is 178 g/mol. The van der Waals surface area contributed by atoms with Crippen molar-refractivity contribution < 1.29 is 0 Å². The van der Waals surface area contributed by atoms with Gasteiger partial charge in [-0.3, -0.25) is 4.98 Å². The molecule has 1 heterocycles. The molecule has 2 nitrogen and oxygen atoms in total. The van der Waals surface area contributed by atoms with Gasteiger partial charge in [-0.15, -0.1) is 0 Å². The third-order valence-corrected chi connectivity index (χ3v) is 1.72. The molecule has 1 aromatic heterocycles. The van der Waals surface area contributed by atoms with Gasteiger partial charge in [-0.2, -0.15) is 0 Å². The number of rotatable bonds is 2. The number of hydrogen-bond acceptors (Lipinski definition) is 2. The first-order valence-electron chi connectivity index (χ1n) is 4.64. The molecule has 1 aromatic rings. The molecule has 0 radical (unpaired) electrons. The van der Waals surface area contributed by atoms with Gasteiger partial charge in [0, 0.05) is 24.1 Å². The van der Waals surface area contributed by atoms with Gasteiger partial charge in [-0.05, 0) is 24.5 Å². The predicted octanol–water partition coefficient (Wildman–Crippen LogP) is 2.85. The number of aryl methyl sites for hydroxylation is 1. The highest BCUT2D eigenvalue weighted by Crippen LogP contribution is 2.15. The molecule has 1 N–H and O–H groups in total.